The van der Waals surface area contributed by atoms with Gasteiger partial charge in [-0.05, 0) is 68.4 Å². The Bertz CT molecular complexity index is 1290. The highest BCUT2D eigenvalue weighted by Gasteiger charge is 2.32. The molecule has 4 heterocycles. The van der Waals surface area contributed by atoms with Crippen molar-refractivity contribution in [1.82, 2.24) is 20.4 Å². The first-order chi connectivity index (χ1) is 15.5. The molecular formula is C23H22FN5O2S. The summed E-state index contributed by atoms with van der Waals surface area (Å²) in [5, 5.41) is 10.1. The molecule has 4 aromatic rings. The fourth-order valence-electron chi connectivity index (χ4n) is 4.15. The van der Waals surface area contributed by atoms with Crippen molar-refractivity contribution in [2.24, 2.45) is 0 Å². The molecule has 1 aromatic carbocycles. The van der Waals surface area contributed by atoms with Gasteiger partial charge in [0.15, 0.2) is 5.82 Å². The van der Waals surface area contributed by atoms with E-state index in [0.717, 1.165) is 35.0 Å². The minimum Gasteiger partial charge on any atom is -0.334 e. The lowest BCUT2D eigenvalue weighted by atomic mass is 10.0. The van der Waals surface area contributed by atoms with Gasteiger partial charge in [0.1, 0.15) is 11.6 Å². The number of nitrogens with one attached hydrogen (secondary N) is 1. The third-order valence-electron chi connectivity index (χ3n) is 5.71. The zero-order chi connectivity index (χ0) is 22.2. The smallest absolute Gasteiger partial charge is 0.262 e. The number of pyridine rings is 1. The number of carbonyl (C=O) groups is 1. The molecule has 0 bridgehead atoms. The van der Waals surface area contributed by atoms with Gasteiger partial charge in [-0.15, -0.1) is 11.3 Å². The maximum Gasteiger partial charge on any atom is 0.262 e. The van der Waals surface area contributed by atoms with Crippen LogP contribution in [0.4, 0.5) is 10.2 Å². The summed E-state index contributed by atoms with van der Waals surface area (Å²) in [7, 11) is 0. The number of hydrogen-bond donors (Lipinski definition) is 1. The van der Waals surface area contributed by atoms with Crippen LogP contribution in [-0.2, 0) is 0 Å². The normalized spacial score (nSPS) is 16.4. The Hall–Kier alpha value is -3.17. The Kier molecular flexibility index (Phi) is 5.44. The van der Waals surface area contributed by atoms with Gasteiger partial charge in [0.2, 0.25) is 0 Å². The largest absolute Gasteiger partial charge is 0.334 e. The van der Waals surface area contributed by atoms with Crippen LogP contribution in [-0.4, -0.2) is 40.2 Å². The van der Waals surface area contributed by atoms with Crippen molar-refractivity contribution in [1.29, 1.82) is 0 Å². The molecule has 0 unspecified atom stereocenters. The first-order valence-electron chi connectivity index (χ1n) is 10.5. The lowest BCUT2D eigenvalue weighted by molar-refractivity contribution is 0.0968. The van der Waals surface area contributed by atoms with Gasteiger partial charge in [-0.1, -0.05) is 5.16 Å². The number of amides is 1. The van der Waals surface area contributed by atoms with Crippen LogP contribution in [0.15, 0.2) is 40.4 Å². The Balaban J connectivity index is 1.59. The van der Waals surface area contributed by atoms with Crippen LogP contribution in [0.1, 0.15) is 34.6 Å². The number of nitrogens with zero attached hydrogens (tertiary/aromatic N) is 4. The van der Waals surface area contributed by atoms with Crippen molar-refractivity contribution in [3.05, 3.63) is 58.6 Å². The summed E-state index contributed by atoms with van der Waals surface area (Å²) in [6, 6.07) is 6.20. The minimum absolute atomic E-state index is 0.0118. The predicted octanol–water partition coefficient (Wildman–Crippen LogP) is 4.50. The summed E-state index contributed by atoms with van der Waals surface area (Å²) in [6.45, 7) is 5.24. The average molecular weight is 452 g/mol. The van der Waals surface area contributed by atoms with Gasteiger partial charge >= 0.3 is 0 Å². The number of thiophene rings is 1. The standard InChI is InChI=1S/C23H22FN5O2S/c1-13-12-32-19-7-9-26-21(20(13)19)29(16-4-3-8-25-11-16)23(30)17-6-5-15(10-18(17)24)22-27-14(2)28-31-22/h5-7,9-10,12,16,25H,3-4,8,11H2,1-2H3/t16-/m1/s1. The number of aryl methyl sites for hydroxylation is 2. The van der Waals surface area contributed by atoms with Gasteiger partial charge in [0.25, 0.3) is 11.8 Å². The van der Waals surface area contributed by atoms with Gasteiger partial charge in [-0.2, -0.15) is 4.98 Å². The highest BCUT2D eigenvalue weighted by molar-refractivity contribution is 7.17. The molecule has 1 fully saturated rings. The number of halogens is 1. The van der Waals surface area contributed by atoms with Crippen LogP contribution in [0.25, 0.3) is 21.5 Å². The van der Waals surface area contributed by atoms with Gasteiger partial charge in [-0.25, -0.2) is 9.37 Å². The van der Waals surface area contributed by atoms with Crippen LogP contribution in [0, 0.1) is 19.7 Å². The average Bonchev–Trinajstić information content (AvgIpc) is 3.41. The second-order valence-corrected chi connectivity index (χ2v) is 8.85. The molecule has 0 spiro atoms. The van der Waals surface area contributed by atoms with Gasteiger partial charge in [0, 0.05) is 28.4 Å². The topological polar surface area (TPSA) is 84.2 Å². The minimum atomic E-state index is -0.633. The zero-order valence-electron chi connectivity index (χ0n) is 17.8. The number of fused-ring (bicyclic) bond motifs is 1. The molecule has 0 radical (unpaired) electrons. The molecule has 1 saturated heterocycles. The third kappa shape index (κ3) is 3.67. The maximum atomic E-state index is 15.2. The molecule has 7 nitrogen and oxygen atoms in total. The fraction of sp³-hybridized carbons (Fsp3) is 0.304. The number of rotatable bonds is 4. The summed E-state index contributed by atoms with van der Waals surface area (Å²) < 4.78 is 21.4. The Morgan fingerprint density at radius 3 is 2.91 bits per heavy atom. The Morgan fingerprint density at radius 2 is 2.19 bits per heavy atom. The van der Waals surface area contributed by atoms with E-state index in [1.54, 1.807) is 35.4 Å². The van der Waals surface area contributed by atoms with E-state index in [4.69, 9.17) is 4.52 Å². The highest BCUT2D eigenvalue weighted by atomic mass is 32.1. The van der Waals surface area contributed by atoms with E-state index in [0.29, 0.717) is 23.8 Å². The molecule has 3 aromatic heterocycles. The van der Waals surface area contributed by atoms with E-state index < -0.39 is 11.7 Å². The van der Waals surface area contributed by atoms with Gasteiger partial charge in [0.05, 0.1) is 11.6 Å². The predicted molar refractivity (Wildman–Crippen MR) is 121 cm³/mol. The monoisotopic (exact) mass is 451 g/mol. The molecule has 9 heteroatoms. The lowest BCUT2D eigenvalue weighted by Crippen LogP contribution is -2.49. The number of hydrogen-bond acceptors (Lipinski definition) is 7. The molecular weight excluding hydrogens is 429 g/mol. The highest BCUT2D eigenvalue weighted by Crippen LogP contribution is 2.35. The molecule has 1 amide bonds. The van der Waals surface area contributed by atoms with Crippen LogP contribution in [0.2, 0.25) is 0 Å². The second kappa shape index (κ2) is 8.40. The van der Waals surface area contributed by atoms with Crippen LogP contribution in [0.5, 0.6) is 0 Å². The fourth-order valence-corrected chi connectivity index (χ4v) is 5.08. The van der Waals surface area contributed by atoms with Crippen LogP contribution < -0.4 is 10.2 Å². The third-order valence-corrected chi connectivity index (χ3v) is 6.77. The van der Waals surface area contributed by atoms with E-state index in [1.807, 2.05) is 13.0 Å². The number of piperidine rings is 1. The molecule has 0 aliphatic carbocycles. The first-order valence-corrected chi connectivity index (χ1v) is 11.4. The van der Waals surface area contributed by atoms with Crippen molar-refractivity contribution in [2.75, 3.05) is 18.0 Å². The van der Waals surface area contributed by atoms with Gasteiger partial charge in [-0.3, -0.25) is 9.69 Å². The van der Waals surface area contributed by atoms with Crippen molar-refractivity contribution in [3.63, 3.8) is 0 Å². The SMILES string of the molecule is Cc1noc(-c2ccc(C(=O)N(c3nccc4scc(C)c34)[C@@H]3CCCNC3)c(F)c2)n1. The van der Waals surface area contributed by atoms with E-state index in [-0.39, 0.29) is 17.5 Å². The molecule has 1 aliphatic rings. The van der Waals surface area contributed by atoms with Crippen molar-refractivity contribution < 1.29 is 13.7 Å². The number of carbonyl (C=O) groups excluding carboxylic acids is 1. The Labute approximate surface area is 188 Å². The van der Waals surface area contributed by atoms with E-state index >= 15 is 4.39 Å². The second-order valence-electron chi connectivity index (χ2n) is 7.94. The lowest BCUT2D eigenvalue weighted by Gasteiger charge is -2.34. The summed E-state index contributed by atoms with van der Waals surface area (Å²) >= 11 is 1.61. The van der Waals surface area contributed by atoms with Gasteiger partial charge < -0.3 is 9.84 Å². The quantitative estimate of drug-likeness (QED) is 0.492. The van der Waals surface area contributed by atoms with E-state index in [2.05, 4.69) is 25.8 Å². The molecule has 1 N–H and O–H groups in total. The number of anilines is 1. The molecule has 1 aliphatic heterocycles. The van der Waals surface area contributed by atoms with Crippen LogP contribution in [0.3, 0.4) is 0 Å². The summed E-state index contributed by atoms with van der Waals surface area (Å²) in [6.07, 6.45) is 3.47. The summed E-state index contributed by atoms with van der Waals surface area (Å²) in [4.78, 5) is 24.2. The zero-order valence-corrected chi connectivity index (χ0v) is 18.6. The summed E-state index contributed by atoms with van der Waals surface area (Å²) in [5.41, 5.74) is 1.47. The Morgan fingerprint density at radius 1 is 1.31 bits per heavy atom. The van der Waals surface area contributed by atoms with Crippen LogP contribution >= 0.6 is 11.3 Å². The van der Waals surface area contributed by atoms with E-state index in [9.17, 15) is 4.79 Å². The van der Waals surface area contributed by atoms with Crippen molar-refractivity contribution in [3.8, 4) is 11.5 Å². The molecule has 5 rings (SSSR count). The maximum absolute atomic E-state index is 15.2. The molecule has 164 valence electrons. The molecule has 32 heavy (non-hydrogen) atoms. The molecule has 0 saturated carbocycles. The first kappa shape index (κ1) is 20.7. The summed E-state index contributed by atoms with van der Waals surface area (Å²) in [5.74, 6) is 0.216. The number of aromatic nitrogens is 3. The van der Waals surface area contributed by atoms with Crippen molar-refractivity contribution in [2.45, 2.75) is 32.7 Å². The van der Waals surface area contributed by atoms with E-state index in [1.165, 1.54) is 12.1 Å². The number of benzene rings is 1. The molecule has 1 atom stereocenters. The van der Waals surface area contributed by atoms with Crippen molar-refractivity contribution >= 4 is 33.1 Å².